The molecule has 0 spiro atoms. The summed E-state index contributed by atoms with van der Waals surface area (Å²) in [5.74, 6) is 0. The van der Waals surface area contributed by atoms with Crippen molar-refractivity contribution >= 4 is 17.1 Å². The van der Waals surface area contributed by atoms with Crippen LogP contribution in [0.4, 0.5) is 17.1 Å². The van der Waals surface area contributed by atoms with Gasteiger partial charge < -0.3 is 9.80 Å². The summed E-state index contributed by atoms with van der Waals surface area (Å²) < 4.78 is 0. The van der Waals surface area contributed by atoms with E-state index in [0.29, 0.717) is 0 Å². The highest BCUT2D eigenvalue weighted by Crippen LogP contribution is 2.37. The van der Waals surface area contributed by atoms with Crippen LogP contribution in [0.1, 0.15) is 31.2 Å². The Morgan fingerprint density at radius 1 is 0.950 bits per heavy atom. The first kappa shape index (κ1) is 13.2. The van der Waals surface area contributed by atoms with Crippen molar-refractivity contribution in [2.24, 2.45) is 0 Å². The van der Waals surface area contributed by atoms with Crippen LogP contribution in [-0.2, 0) is 0 Å². The molecule has 2 aliphatic rings. The number of nitro benzene ring substituents is 1. The van der Waals surface area contributed by atoms with Gasteiger partial charge in [-0.3, -0.25) is 10.1 Å². The third kappa shape index (κ3) is 2.32. The molecule has 2 saturated heterocycles. The van der Waals surface area contributed by atoms with E-state index in [2.05, 4.69) is 9.80 Å². The number of hydrogen-bond donors (Lipinski definition) is 0. The minimum Gasteiger partial charge on any atom is -0.371 e. The molecule has 0 saturated carbocycles. The summed E-state index contributed by atoms with van der Waals surface area (Å²) in [7, 11) is 0. The van der Waals surface area contributed by atoms with Gasteiger partial charge in [-0.05, 0) is 44.2 Å². The molecule has 0 bridgehead atoms. The van der Waals surface area contributed by atoms with E-state index >= 15 is 0 Å². The SMILES string of the molecule is Cc1cc([N+](=O)[O-])c(N2CCCC2)cc1N1CCCC1. The maximum absolute atomic E-state index is 11.3. The highest BCUT2D eigenvalue weighted by atomic mass is 16.6. The zero-order valence-electron chi connectivity index (χ0n) is 12.0. The molecule has 108 valence electrons. The second kappa shape index (κ2) is 5.31. The molecule has 0 radical (unpaired) electrons. The number of nitro groups is 1. The van der Waals surface area contributed by atoms with Gasteiger partial charge in [0.05, 0.1) is 4.92 Å². The molecule has 20 heavy (non-hydrogen) atoms. The van der Waals surface area contributed by atoms with Crippen molar-refractivity contribution in [3.63, 3.8) is 0 Å². The summed E-state index contributed by atoms with van der Waals surface area (Å²) in [6.45, 7) is 5.98. The van der Waals surface area contributed by atoms with E-state index < -0.39 is 0 Å². The molecule has 0 amide bonds. The minimum atomic E-state index is -0.242. The molecule has 0 unspecified atom stereocenters. The molecule has 2 heterocycles. The zero-order chi connectivity index (χ0) is 14.1. The normalized spacial score (nSPS) is 18.9. The highest BCUT2D eigenvalue weighted by molar-refractivity contribution is 5.73. The maximum atomic E-state index is 11.3. The van der Waals surface area contributed by atoms with Gasteiger partial charge in [-0.15, -0.1) is 0 Å². The van der Waals surface area contributed by atoms with Crippen molar-refractivity contribution in [3.05, 3.63) is 27.8 Å². The number of hydrogen-bond acceptors (Lipinski definition) is 4. The third-order valence-electron chi connectivity index (χ3n) is 4.38. The van der Waals surface area contributed by atoms with Gasteiger partial charge in [-0.1, -0.05) is 0 Å². The summed E-state index contributed by atoms with van der Waals surface area (Å²) in [5, 5.41) is 11.3. The van der Waals surface area contributed by atoms with Crippen molar-refractivity contribution in [2.75, 3.05) is 36.0 Å². The lowest BCUT2D eigenvalue weighted by Crippen LogP contribution is -2.22. The van der Waals surface area contributed by atoms with Gasteiger partial charge in [0.1, 0.15) is 5.69 Å². The highest BCUT2D eigenvalue weighted by Gasteiger charge is 2.25. The average Bonchev–Trinajstić information content (AvgIpc) is 3.11. The standard InChI is InChI=1S/C15H21N3O2/c1-12-10-15(18(19)20)14(17-8-4-5-9-17)11-13(12)16-6-2-3-7-16/h10-11H,2-9H2,1H3. The largest absolute Gasteiger partial charge is 0.371 e. The fourth-order valence-corrected chi connectivity index (χ4v) is 3.33. The number of benzene rings is 1. The van der Waals surface area contributed by atoms with Crippen LogP contribution in [-0.4, -0.2) is 31.1 Å². The molecule has 2 fully saturated rings. The van der Waals surface area contributed by atoms with Crippen LogP contribution >= 0.6 is 0 Å². The fraction of sp³-hybridized carbons (Fsp3) is 0.600. The van der Waals surface area contributed by atoms with Crippen LogP contribution in [0, 0.1) is 17.0 Å². The van der Waals surface area contributed by atoms with Crippen molar-refractivity contribution in [1.29, 1.82) is 0 Å². The van der Waals surface area contributed by atoms with Crippen LogP contribution in [0.25, 0.3) is 0 Å². The van der Waals surface area contributed by atoms with Gasteiger partial charge in [0, 0.05) is 37.9 Å². The molecule has 0 N–H and O–H groups in total. The van der Waals surface area contributed by atoms with Crippen LogP contribution in [0.5, 0.6) is 0 Å². The van der Waals surface area contributed by atoms with Crippen LogP contribution in [0.3, 0.4) is 0 Å². The maximum Gasteiger partial charge on any atom is 0.292 e. The third-order valence-corrected chi connectivity index (χ3v) is 4.38. The van der Waals surface area contributed by atoms with E-state index in [1.165, 1.54) is 18.5 Å². The average molecular weight is 275 g/mol. The number of aryl methyl sites for hydroxylation is 1. The van der Waals surface area contributed by atoms with Gasteiger partial charge >= 0.3 is 0 Å². The molecular weight excluding hydrogens is 254 g/mol. The van der Waals surface area contributed by atoms with Crippen molar-refractivity contribution in [3.8, 4) is 0 Å². The number of anilines is 2. The van der Waals surface area contributed by atoms with E-state index in [0.717, 1.165) is 50.3 Å². The lowest BCUT2D eigenvalue weighted by molar-refractivity contribution is -0.384. The Hall–Kier alpha value is -1.78. The lowest BCUT2D eigenvalue weighted by Gasteiger charge is -2.24. The van der Waals surface area contributed by atoms with Crippen molar-refractivity contribution in [2.45, 2.75) is 32.6 Å². The van der Waals surface area contributed by atoms with E-state index in [1.54, 1.807) is 6.07 Å². The summed E-state index contributed by atoms with van der Waals surface area (Å²) in [6, 6.07) is 3.80. The number of nitrogens with zero attached hydrogens (tertiary/aromatic N) is 3. The molecular formula is C15H21N3O2. The predicted octanol–water partition coefficient (Wildman–Crippen LogP) is 3.10. The summed E-state index contributed by atoms with van der Waals surface area (Å²) in [5.41, 5.74) is 3.25. The second-order valence-electron chi connectivity index (χ2n) is 5.77. The topological polar surface area (TPSA) is 49.6 Å². The smallest absolute Gasteiger partial charge is 0.292 e. The van der Waals surface area contributed by atoms with Gasteiger partial charge in [-0.2, -0.15) is 0 Å². The first-order valence-electron chi connectivity index (χ1n) is 7.46. The lowest BCUT2D eigenvalue weighted by atomic mass is 10.1. The molecule has 3 rings (SSSR count). The van der Waals surface area contributed by atoms with Crippen LogP contribution in [0.15, 0.2) is 12.1 Å². The van der Waals surface area contributed by atoms with Gasteiger partial charge in [0.2, 0.25) is 0 Å². The van der Waals surface area contributed by atoms with E-state index in [9.17, 15) is 10.1 Å². The molecule has 1 aromatic carbocycles. The molecule has 2 aliphatic heterocycles. The van der Waals surface area contributed by atoms with E-state index in [-0.39, 0.29) is 10.6 Å². The Labute approximate surface area is 119 Å². The summed E-state index contributed by atoms with van der Waals surface area (Å²) in [4.78, 5) is 15.6. The molecule has 0 aromatic heterocycles. The van der Waals surface area contributed by atoms with Gasteiger partial charge in [0.25, 0.3) is 5.69 Å². The molecule has 0 atom stereocenters. The second-order valence-corrected chi connectivity index (χ2v) is 5.77. The van der Waals surface area contributed by atoms with E-state index in [4.69, 9.17) is 0 Å². The first-order chi connectivity index (χ1) is 9.66. The van der Waals surface area contributed by atoms with Crippen molar-refractivity contribution < 1.29 is 4.92 Å². The first-order valence-corrected chi connectivity index (χ1v) is 7.46. The quantitative estimate of drug-likeness (QED) is 0.628. The Kier molecular flexibility index (Phi) is 3.51. The molecule has 5 heteroatoms. The Balaban J connectivity index is 2.03. The Bertz CT molecular complexity index is 518. The van der Waals surface area contributed by atoms with Gasteiger partial charge in [-0.25, -0.2) is 0 Å². The minimum absolute atomic E-state index is 0.242. The zero-order valence-corrected chi connectivity index (χ0v) is 12.0. The van der Waals surface area contributed by atoms with E-state index in [1.807, 2.05) is 13.0 Å². The Morgan fingerprint density at radius 2 is 1.45 bits per heavy atom. The molecule has 1 aromatic rings. The van der Waals surface area contributed by atoms with Gasteiger partial charge in [0.15, 0.2) is 0 Å². The summed E-state index contributed by atoms with van der Waals surface area (Å²) in [6.07, 6.45) is 4.69. The van der Waals surface area contributed by atoms with Crippen molar-refractivity contribution in [1.82, 2.24) is 0 Å². The van der Waals surface area contributed by atoms with Crippen LogP contribution < -0.4 is 9.80 Å². The monoisotopic (exact) mass is 275 g/mol. The Morgan fingerprint density at radius 3 is 1.95 bits per heavy atom. The number of rotatable bonds is 3. The fourth-order valence-electron chi connectivity index (χ4n) is 3.33. The molecule has 5 nitrogen and oxygen atoms in total. The predicted molar refractivity (Wildman–Crippen MR) is 80.7 cm³/mol. The summed E-state index contributed by atoms with van der Waals surface area (Å²) >= 11 is 0. The molecule has 0 aliphatic carbocycles. The van der Waals surface area contributed by atoms with Crippen LogP contribution in [0.2, 0.25) is 0 Å².